The van der Waals surface area contributed by atoms with Gasteiger partial charge in [0.25, 0.3) is 0 Å². The zero-order chi connectivity index (χ0) is 17.4. The molecule has 1 aromatic heterocycles. The van der Waals surface area contributed by atoms with Crippen LogP contribution >= 0.6 is 0 Å². The maximum absolute atomic E-state index is 12.8. The Balaban J connectivity index is 1.59. The summed E-state index contributed by atoms with van der Waals surface area (Å²) in [4.78, 5) is 25.4. The van der Waals surface area contributed by atoms with Crippen molar-refractivity contribution < 1.29 is 23.5 Å². The summed E-state index contributed by atoms with van der Waals surface area (Å²) in [6.45, 7) is 4.11. The van der Waals surface area contributed by atoms with Crippen molar-refractivity contribution in [3.05, 3.63) is 35.8 Å². The average Bonchev–Trinajstić information content (AvgIpc) is 3.15. The molecule has 5 rings (SSSR count). The number of ether oxygens (including phenoxy) is 2. The van der Waals surface area contributed by atoms with Crippen molar-refractivity contribution in [2.45, 2.75) is 51.9 Å². The number of hydrogen-bond donors (Lipinski definition) is 0. The highest BCUT2D eigenvalue weighted by Gasteiger charge is 2.74. The van der Waals surface area contributed by atoms with E-state index < -0.39 is 11.7 Å². The van der Waals surface area contributed by atoms with Crippen molar-refractivity contribution in [1.82, 2.24) is 0 Å². The van der Waals surface area contributed by atoms with Crippen LogP contribution in [0.4, 0.5) is 0 Å². The summed E-state index contributed by atoms with van der Waals surface area (Å²) in [5, 5.41) is 0. The van der Waals surface area contributed by atoms with E-state index in [0.29, 0.717) is 12.0 Å². The molecule has 25 heavy (non-hydrogen) atoms. The van der Waals surface area contributed by atoms with Crippen molar-refractivity contribution in [2.24, 2.45) is 22.7 Å². The molecule has 0 amide bonds. The third-order valence-corrected chi connectivity index (χ3v) is 7.16. The third kappa shape index (κ3) is 1.77. The smallest absolute Gasteiger partial charge is 0.314 e. The molecule has 132 valence electrons. The largest absolute Gasteiger partial charge is 0.472 e. The normalized spacial score (nSPS) is 44.2. The van der Waals surface area contributed by atoms with Crippen molar-refractivity contribution >= 4 is 11.8 Å². The molecule has 1 saturated carbocycles. The van der Waals surface area contributed by atoms with Gasteiger partial charge in [-0.05, 0) is 38.7 Å². The van der Waals surface area contributed by atoms with Gasteiger partial charge in [0.05, 0.1) is 23.3 Å². The number of carbonyl (C=O) groups excluding carboxylic acids is 2. The molecule has 1 aromatic rings. The van der Waals surface area contributed by atoms with E-state index in [1.807, 2.05) is 6.92 Å². The molecule has 5 nitrogen and oxygen atoms in total. The first-order chi connectivity index (χ1) is 12.0. The Morgan fingerprint density at radius 2 is 2.20 bits per heavy atom. The summed E-state index contributed by atoms with van der Waals surface area (Å²) >= 11 is 0. The molecule has 6 atom stereocenters. The Morgan fingerprint density at radius 1 is 1.36 bits per heavy atom. The van der Waals surface area contributed by atoms with Gasteiger partial charge in [-0.1, -0.05) is 18.1 Å². The van der Waals surface area contributed by atoms with Crippen LogP contribution in [0.25, 0.3) is 0 Å². The zero-order valence-electron chi connectivity index (χ0n) is 14.5. The Morgan fingerprint density at radius 3 is 2.96 bits per heavy atom. The Hall–Kier alpha value is -1.88. The number of Topliss-reactive ketones (excluding diaryl/α,β-unsaturated/α-hetero) is 1. The lowest BCUT2D eigenvalue weighted by molar-refractivity contribution is -0.233. The van der Waals surface area contributed by atoms with Gasteiger partial charge in [0.1, 0.15) is 6.26 Å². The molecular formula is C20H22O5. The van der Waals surface area contributed by atoms with E-state index in [1.54, 1.807) is 6.07 Å². The topological polar surface area (TPSA) is 65.7 Å². The summed E-state index contributed by atoms with van der Waals surface area (Å²) < 4.78 is 17.0. The van der Waals surface area contributed by atoms with Gasteiger partial charge in [-0.15, -0.1) is 0 Å². The van der Waals surface area contributed by atoms with E-state index in [9.17, 15) is 9.59 Å². The summed E-state index contributed by atoms with van der Waals surface area (Å²) in [7, 11) is 0. The minimum Gasteiger partial charge on any atom is -0.472 e. The number of carbonyl (C=O) groups is 2. The fraction of sp³-hybridized carbons (Fsp3) is 0.600. The second-order valence-corrected chi connectivity index (χ2v) is 8.30. The Kier molecular flexibility index (Phi) is 2.98. The molecule has 0 radical (unpaired) electrons. The fourth-order valence-electron chi connectivity index (χ4n) is 6.11. The minimum absolute atomic E-state index is 0.0383. The van der Waals surface area contributed by atoms with E-state index in [2.05, 4.69) is 13.0 Å². The van der Waals surface area contributed by atoms with Crippen LogP contribution < -0.4 is 0 Å². The van der Waals surface area contributed by atoms with Crippen molar-refractivity contribution in [3.63, 3.8) is 0 Å². The maximum atomic E-state index is 12.8. The molecule has 4 aliphatic rings. The van der Waals surface area contributed by atoms with Crippen LogP contribution in [0.1, 0.15) is 49.9 Å². The van der Waals surface area contributed by atoms with E-state index in [0.717, 1.165) is 19.3 Å². The number of ketones is 1. The second-order valence-electron chi connectivity index (χ2n) is 8.30. The third-order valence-electron chi connectivity index (χ3n) is 7.16. The molecule has 0 spiro atoms. The predicted molar refractivity (Wildman–Crippen MR) is 87.5 cm³/mol. The highest BCUT2D eigenvalue weighted by atomic mass is 16.7. The number of allylic oxidation sites excluding steroid dienone is 1. The fourth-order valence-corrected chi connectivity index (χ4v) is 6.11. The van der Waals surface area contributed by atoms with Gasteiger partial charge in [0.2, 0.25) is 6.29 Å². The maximum Gasteiger partial charge on any atom is 0.314 e. The van der Waals surface area contributed by atoms with E-state index in [-0.39, 0.29) is 35.1 Å². The van der Waals surface area contributed by atoms with Crippen LogP contribution in [0.5, 0.6) is 0 Å². The van der Waals surface area contributed by atoms with Crippen molar-refractivity contribution in [1.29, 1.82) is 0 Å². The van der Waals surface area contributed by atoms with Gasteiger partial charge in [-0.2, -0.15) is 0 Å². The van der Waals surface area contributed by atoms with E-state index in [4.69, 9.17) is 13.9 Å². The molecule has 5 heteroatoms. The molecule has 3 fully saturated rings. The van der Waals surface area contributed by atoms with Crippen molar-refractivity contribution in [3.8, 4) is 0 Å². The van der Waals surface area contributed by atoms with Crippen LogP contribution in [0, 0.1) is 22.7 Å². The lowest BCUT2D eigenvalue weighted by Gasteiger charge is -2.58. The SMILES string of the molecule is CC1=CC2OC3OC(=O)C4(C)CCCC3(C1CC(=O)c1ccoc1)C24. The van der Waals surface area contributed by atoms with Gasteiger partial charge < -0.3 is 13.9 Å². The van der Waals surface area contributed by atoms with Gasteiger partial charge in [0, 0.05) is 17.8 Å². The summed E-state index contributed by atoms with van der Waals surface area (Å²) in [6.07, 6.45) is 7.69. The van der Waals surface area contributed by atoms with Gasteiger partial charge in [-0.3, -0.25) is 9.59 Å². The van der Waals surface area contributed by atoms with Gasteiger partial charge >= 0.3 is 5.97 Å². The molecule has 2 saturated heterocycles. The first kappa shape index (κ1) is 15.4. The molecule has 0 N–H and O–H groups in total. The Labute approximate surface area is 146 Å². The first-order valence-electron chi connectivity index (χ1n) is 9.07. The Bertz CT molecular complexity index is 778. The summed E-state index contributed by atoms with van der Waals surface area (Å²) in [5.41, 5.74) is 1.00. The van der Waals surface area contributed by atoms with E-state index >= 15 is 0 Å². The quantitative estimate of drug-likeness (QED) is 0.478. The highest BCUT2D eigenvalue weighted by molar-refractivity contribution is 5.96. The van der Waals surface area contributed by atoms with Crippen molar-refractivity contribution in [2.75, 3.05) is 0 Å². The number of hydrogen-bond acceptors (Lipinski definition) is 5. The lowest BCUT2D eigenvalue weighted by Crippen LogP contribution is -2.62. The molecule has 0 aromatic carbocycles. The molecule has 5 bridgehead atoms. The zero-order valence-corrected chi connectivity index (χ0v) is 14.5. The first-order valence-corrected chi connectivity index (χ1v) is 9.07. The molecule has 6 unspecified atom stereocenters. The number of rotatable bonds is 3. The van der Waals surface area contributed by atoms with Crippen LogP contribution in [0.15, 0.2) is 34.7 Å². The molecule has 2 aliphatic carbocycles. The van der Waals surface area contributed by atoms with Gasteiger partial charge in [-0.25, -0.2) is 0 Å². The molecule has 2 aliphatic heterocycles. The van der Waals surface area contributed by atoms with Crippen LogP contribution in [0.3, 0.4) is 0 Å². The minimum atomic E-state index is -0.528. The number of furan rings is 1. The predicted octanol–water partition coefficient (Wildman–Crippen LogP) is 3.50. The highest BCUT2D eigenvalue weighted by Crippen LogP contribution is 2.69. The van der Waals surface area contributed by atoms with E-state index in [1.165, 1.54) is 18.1 Å². The van der Waals surface area contributed by atoms with Gasteiger partial charge in [0.15, 0.2) is 5.78 Å². The average molecular weight is 342 g/mol. The number of esters is 1. The summed E-state index contributed by atoms with van der Waals surface area (Å²) in [5.74, 6) is 0.0818. The van der Waals surface area contributed by atoms with Crippen LogP contribution in [-0.2, 0) is 14.3 Å². The molecular weight excluding hydrogens is 320 g/mol. The van der Waals surface area contributed by atoms with Crippen LogP contribution in [-0.4, -0.2) is 24.1 Å². The monoisotopic (exact) mass is 342 g/mol. The molecule has 3 heterocycles. The standard InChI is InChI=1S/C20H22O5/c1-11-8-15-16-19(2)5-3-6-20(16,18(24-15)25-17(19)22)13(11)9-14(21)12-4-7-23-10-12/h4,7-8,10,13,15-16,18H,3,5-6,9H2,1-2H3. The van der Waals surface area contributed by atoms with Crippen LogP contribution in [0.2, 0.25) is 0 Å². The summed E-state index contributed by atoms with van der Waals surface area (Å²) in [6, 6.07) is 1.71. The second kappa shape index (κ2) is 4.85. The lowest BCUT2D eigenvalue weighted by atomic mass is 9.46.